The maximum Gasteiger partial charge on any atom is 0.319 e. The summed E-state index contributed by atoms with van der Waals surface area (Å²) < 4.78 is 30.2. The second-order valence-electron chi connectivity index (χ2n) is 3.38. The van der Waals surface area contributed by atoms with Crippen molar-refractivity contribution in [3.8, 4) is 0 Å². The van der Waals surface area contributed by atoms with Gasteiger partial charge in [0.15, 0.2) is 0 Å². The van der Waals surface area contributed by atoms with E-state index in [1.54, 1.807) is 6.92 Å². The first-order valence-corrected chi connectivity index (χ1v) is 4.79. The number of ether oxygens (including phenoxy) is 1. The molecular weight excluding hydrogens is 216 g/mol. The Kier molecular flexibility index (Phi) is 4.37. The quantitative estimate of drug-likeness (QED) is 0.800. The summed E-state index contributed by atoms with van der Waals surface area (Å²) in [6.07, 6.45) is 0. The monoisotopic (exact) mass is 229 g/mol. The van der Waals surface area contributed by atoms with Gasteiger partial charge in [0, 0.05) is 12.1 Å². The van der Waals surface area contributed by atoms with Crippen LogP contribution in [0, 0.1) is 11.6 Å². The van der Waals surface area contributed by atoms with Crippen LogP contribution < -0.4 is 5.32 Å². The van der Waals surface area contributed by atoms with Crippen LogP contribution in [0.4, 0.5) is 8.78 Å². The van der Waals surface area contributed by atoms with E-state index in [9.17, 15) is 13.6 Å². The summed E-state index contributed by atoms with van der Waals surface area (Å²) in [5, 5.41) is 2.80. The van der Waals surface area contributed by atoms with Crippen molar-refractivity contribution in [1.82, 2.24) is 5.32 Å². The number of halogens is 2. The Labute approximate surface area is 92.4 Å². The van der Waals surface area contributed by atoms with E-state index in [1.807, 2.05) is 0 Å². The van der Waals surface area contributed by atoms with Crippen molar-refractivity contribution < 1.29 is 18.3 Å². The van der Waals surface area contributed by atoms with E-state index in [2.05, 4.69) is 10.1 Å². The number of rotatable bonds is 4. The highest BCUT2D eigenvalue weighted by Gasteiger charge is 2.10. The van der Waals surface area contributed by atoms with Crippen LogP contribution in [0.25, 0.3) is 0 Å². The SMILES string of the molecule is COC(=O)CNC(C)c1cc(F)cc(F)c1. The second-order valence-corrected chi connectivity index (χ2v) is 3.38. The summed E-state index contributed by atoms with van der Waals surface area (Å²) in [7, 11) is 1.27. The van der Waals surface area contributed by atoms with Crippen LogP contribution in [0.2, 0.25) is 0 Å². The first-order chi connectivity index (χ1) is 7.52. The van der Waals surface area contributed by atoms with Gasteiger partial charge < -0.3 is 10.1 Å². The molecule has 0 heterocycles. The third kappa shape index (κ3) is 3.58. The predicted molar refractivity (Wildman–Crippen MR) is 54.8 cm³/mol. The van der Waals surface area contributed by atoms with E-state index < -0.39 is 17.6 Å². The van der Waals surface area contributed by atoms with Gasteiger partial charge in [-0.1, -0.05) is 0 Å². The van der Waals surface area contributed by atoms with Gasteiger partial charge in [-0.05, 0) is 24.6 Å². The predicted octanol–water partition coefficient (Wildman–Crippen LogP) is 1.79. The molecule has 0 amide bonds. The molecule has 3 nitrogen and oxygen atoms in total. The molecule has 0 aromatic heterocycles. The highest BCUT2D eigenvalue weighted by molar-refractivity contribution is 5.71. The largest absolute Gasteiger partial charge is 0.468 e. The molecule has 0 aliphatic heterocycles. The molecule has 0 spiro atoms. The molecule has 1 rings (SSSR count). The van der Waals surface area contributed by atoms with Crippen molar-refractivity contribution in [1.29, 1.82) is 0 Å². The summed E-state index contributed by atoms with van der Waals surface area (Å²) in [5.74, 6) is -1.70. The Balaban J connectivity index is 2.65. The van der Waals surface area contributed by atoms with E-state index in [0.717, 1.165) is 6.07 Å². The zero-order valence-corrected chi connectivity index (χ0v) is 9.09. The summed E-state index contributed by atoms with van der Waals surface area (Å²) in [4.78, 5) is 10.8. The van der Waals surface area contributed by atoms with E-state index in [4.69, 9.17) is 0 Å². The number of hydrogen-bond donors (Lipinski definition) is 1. The second kappa shape index (κ2) is 5.55. The summed E-state index contributed by atoms with van der Waals surface area (Å²) in [6, 6.07) is 2.91. The van der Waals surface area contributed by atoms with Crippen LogP contribution in [0.3, 0.4) is 0 Å². The smallest absolute Gasteiger partial charge is 0.319 e. The van der Waals surface area contributed by atoms with Gasteiger partial charge in [-0.25, -0.2) is 8.78 Å². The number of methoxy groups -OCH3 is 1. The average molecular weight is 229 g/mol. The van der Waals surface area contributed by atoms with Crippen LogP contribution >= 0.6 is 0 Å². The molecule has 0 aliphatic rings. The molecule has 88 valence electrons. The van der Waals surface area contributed by atoms with Crippen molar-refractivity contribution in [2.75, 3.05) is 13.7 Å². The van der Waals surface area contributed by atoms with Gasteiger partial charge in [-0.3, -0.25) is 4.79 Å². The Morgan fingerprint density at radius 3 is 2.44 bits per heavy atom. The molecule has 1 atom stereocenters. The molecule has 0 aliphatic carbocycles. The molecule has 5 heteroatoms. The van der Waals surface area contributed by atoms with Crippen LogP contribution in [-0.4, -0.2) is 19.6 Å². The van der Waals surface area contributed by atoms with Gasteiger partial charge in [0.1, 0.15) is 11.6 Å². The number of benzene rings is 1. The standard InChI is InChI=1S/C11H13F2NO2/c1-7(14-6-11(15)16-2)8-3-9(12)5-10(13)4-8/h3-5,7,14H,6H2,1-2H3. The lowest BCUT2D eigenvalue weighted by Crippen LogP contribution is -2.26. The molecule has 0 saturated carbocycles. The van der Waals surface area contributed by atoms with Gasteiger partial charge in [-0.15, -0.1) is 0 Å². The Morgan fingerprint density at radius 1 is 1.38 bits per heavy atom. The highest BCUT2D eigenvalue weighted by Crippen LogP contribution is 2.15. The Morgan fingerprint density at radius 2 is 1.94 bits per heavy atom. The third-order valence-electron chi connectivity index (χ3n) is 2.17. The number of hydrogen-bond acceptors (Lipinski definition) is 3. The van der Waals surface area contributed by atoms with Crippen LogP contribution in [0.15, 0.2) is 18.2 Å². The lowest BCUT2D eigenvalue weighted by atomic mass is 10.1. The molecule has 0 saturated heterocycles. The minimum Gasteiger partial charge on any atom is -0.468 e. The summed E-state index contributed by atoms with van der Waals surface area (Å²) in [5.41, 5.74) is 0.446. The van der Waals surface area contributed by atoms with Crippen molar-refractivity contribution >= 4 is 5.97 Å². The van der Waals surface area contributed by atoms with Gasteiger partial charge >= 0.3 is 5.97 Å². The van der Waals surface area contributed by atoms with E-state index in [0.29, 0.717) is 5.56 Å². The maximum atomic E-state index is 12.9. The van der Waals surface area contributed by atoms with E-state index in [1.165, 1.54) is 19.2 Å². The molecule has 1 N–H and O–H groups in total. The van der Waals surface area contributed by atoms with Crippen molar-refractivity contribution in [3.05, 3.63) is 35.4 Å². The van der Waals surface area contributed by atoms with Crippen molar-refractivity contribution in [2.24, 2.45) is 0 Å². The maximum absolute atomic E-state index is 12.9. The fraction of sp³-hybridized carbons (Fsp3) is 0.364. The molecular formula is C11H13F2NO2. The zero-order valence-electron chi connectivity index (χ0n) is 9.09. The number of esters is 1. The molecule has 16 heavy (non-hydrogen) atoms. The van der Waals surface area contributed by atoms with Crippen molar-refractivity contribution in [3.63, 3.8) is 0 Å². The number of nitrogens with one attached hydrogen (secondary N) is 1. The zero-order chi connectivity index (χ0) is 12.1. The average Bonchev–Trinajstić information content (AvgIpc) is 2.23. The minimum atomic E-state index is -0.637. The summed E-state index contributed by atoms with van der Waals surface area (Å²) >= 11 is 0. The van der Waals surface area contributed by atoms with Gasteiger partial charge in [0.25, 0.3) is 0 Å². The first-order valence-electron chi connectivity index (χ1n) is 4.79. The third-order valence-corrected chi connectivity index (χ3v) is 2.17. The lowest BCUT2D eigenvalue weighted by Gasteiger charge is -2.13. The Hall–Kier alpha value is -1.49. The number of carbonyl (C=O) groups excluding carboxylic acids is 1. The van der Waals surface area contributed by atoms with E-state index in [-0.39, 0.29) is 12.6 Å². The fourth-order valence-corrected chi connectivity index (χ4v) is 1.25. The normalized spacial score (nSPS) is 12.2. The van der Waals surface area contributed by atoms with Crippen LogP contribution in [0.5, 0.6) is 0 Å². The number of carbonyl (C=O) groups is 1. The molecule has 0 bridgehead atoms. The van der Waals surface area contributed by atoms with E-state index >= 15 is 0 Å². The molecule has 0 radical (unpaired) electrons. The molecule has 1 aromatic carbocycles. The van der Waals surface area contributed by atoms with Crippen LogP contribution in [0.1, 0.15) is 18.5 Å². The van der Waals surface area contributed by atoms with Crippen LogP contribution in [-0.2, 0) is 9.53 Å². The molecule has 0 fully saturated rings. The molecule has 1 aromatic rings. The highest BCUT2D eigenvalue weighted by atomic mass is 19.1. The van der Waals surface area contributed by atoms with Gasteiger partial charge in [0.05, 0.1) is 13.7 Å². The van der Waals surface area contributed by atoms with Crippen molar-refractivity contribution in [2.45, 2.75) is 13.0 Å². The topological polar surface area (TPSA) is 38.3 Å². The summed E-state index contributed by atoms with van der Waals surface area (Å²) in [6.45, 7) is 1.70. The fourth-order valence-electron chi connectivity index (χ4n) is 1.25. The lowest BCUT2D eigenvalue weighted by molar-refractivity contribution is -0.139. The van der Waals surface area contributed by atoms with Gasteiger partial charge in [-0.2, -0.15) is 0 Å². The minimum absolute atomic E-state index is 0.00417. The molecule has 1 unspecified atom stereocenters. The van der Waals surface area contributed by atoms with Gasteiger partial charge in [0.2, 0.25) is 0 Å². The Bertz CT molecular complexity index is 362. The first kappa shape index (κ1) is 12.6.